The number of allylic oxidation sites excluding steroid dienone is 3. The molecular formula is C48H70N2O4. The van der Waals surface area contributed by atoms with E-state index in [9.17, 15) is 14.7 Å². The largest absolute Gasteiger partial charge is 0.495 e. The molecule has 0 spiro atoms. The normalized spacial score (nSPS) is 37.3. The van der Waals surface area contributed by atoms with E-state index < -0.39 is 11.4 Å². The number of carbonyl (C=O) groups is 1. The van der Waals surface area contributed by atoms with Gasteiger partial charge in [0, 0.05) is 30.4 Å². The fourth-order valence-electron chi connectivity index (χ4n) is 14.6. The van der Waals surface area contributed by atoms with Crippen LogP contribution in [-0.2, 0) is 28.5 Å². The summed E-state index contributed by atoms with van der Waals surface area (Å²) in [5.74, 6) is 1.41. The lowest BCUT2D eigenvalue weighted by molar-refractivity contribution is -0.246. The molecule has 8 atom stereocenters. The van der Waals surface area contributed by atoms with Gasteiger partial charge in [0.1, 0.15) is 6.10 Å². The summed E-state index contributed by atoms with van der Waals surface area (Å²) in [7, 11) is 2.14. The van der Waals surface area contributed by atoms with Crippen LogP contribution in [0.3, 0.4) is 0 Å². The Morgan fingerprint density at radius 3 is 2.26 bits per heavy atom. The van der Waals surface area contributed by atoms with Gasteiger partial charge in [-0.25, -0.2) is 4.68 Å². The van der Waals surface area contributed by atoms with Gasteiger partial charge in [0.25, 0.3) is 5.56 Å². The average molecular weight is 739 g/mol. The summed E-state index contributed by atoms with van der Waals surface area (Å²) in [6, 6.07) is 12.4. The number of benzene rings is 1. The molecule has 0 saturated heterocycles. The van der Waals surface area contributed by atoms with Crippen LogP contribution in [0.2, 0.25) is 0 Å². The van der Waals surface area contributed by atoms with Gasteiger partial charge >= 0.3 is 5.97 Å². The molecule has 54 heavy (non-hydrogen) atoms. The van der Waals surface area contributed by atoms with Crippen LogP contribution < -0.4 is 5.56 Å². The van der Waals surface area contributed by atoms with E-state index in [0.29, 0.717) is 36.5 Å². The molecule has 0 bridgehead atoms. The maximum atomic E-state index is 13.9. The van der Waals surface area contributed by atoms with Crippen LogP contribution in [0.1, 0.15) is 151 Å². The molecule has 0 aliphatic heterocycles. The Morgan fingerprint density at radius 1 is 0.944 bits per heavy atom. The molecule has 0 amide bonds. The summed E-state index contributed by atoms with van der Waals surface area (Å²) in [4.78, 5) is 25.8. The topological polar surface area (TPSA) is 73.5 Å². The molecule has 0 radical (unpaired) electrons. The van der Waals surface area contributed by atoms with Crippen molar-refractivity contribution in [3.05, 3.63) is 81.5 Å². The molecular weight excluding hydrogens is 669 g/mol. The van der Waals surface area contributed by atoms with Crippen molar-refractivity contribution >= 4 is 5.97 Å². The first-order chi connectivity index (χ1) is 25.1. The first kappa shape index (κ1) is 39.2. The minimum Gasteiger partial charge on any atom is -0.495 e. The summed E-state index contributed by atoms with van der Waals surface area (Å²) < 4.78 is 10.9. The van der Waals surface area contributed by atoms with Gasteiger partial charge in [-0.2, -0.15) is 0 Å². The number of ether oxygens (including phenoxy) is 1. The molecule has 6 heteroatoms. The summed E-state index contributed by atoms with van der Waals surface area (Å²) in [5, 5.41) is 9.77. The molecule has 1 heterocycles. The van der Waals surface area contributed by atoms with Gasteiger partial charge in [-0.1, -0.05) is 103 Å². The van der Waals surface area contributed by atoms with Crippen molar-refractivity contribution in [3.8, 4) is 0 Å². The number of aliphatic carboxylic acids is 1. The first-order valence-corrected chi connectivity index (χ1v) is 21.2. The average Bonchev–Trinajstić information content (AvgIpc) is 3.63. The molecule has 5 aliphatic rings. The molecule has 1 aromatic carbocycles. The number of carboxylic acids is 1. The van der Waals surface area contributed by atoms with E-state index in [1.54, 1.807) is 25.0 Å². The summed E-state index contributed by atoms with van der Waals surface area (Å²) in [6.07, 6.45) is 11.8. The summed E-state index contributed by atoms with van der Waals surface area (Å²) >= 11 is 0. The Hall–Kier alpha value is -3.02. The molecule has 5 aliphatic carbocycles. The molecule has 1 N–H and O–H groups in total. The second kappa shape index (κ2) is 12.7. The second-order valence-electron chi connectivity index (χ2n) is 21.2. The number of hydrogen-bond acceptors (Lipinski definition) is 3. The van der Waals surface area contributed by atoms with Crippen LogP contribution >= 0.6 is 0 Å². The van der Waals surface area contributed by atoms with Gasteiger partial charge in [0.15, 0.2) is 0 Å². The summed E-state index contributed by atoms with van der Waals surface area (Å²) in [6.45, 7) is 28.7. The van der Waals surface area contributed by atoms with Crippen LogP contribution in [0.15, 0.2) is 64.7 Å². The van der Waals surface area contributed by atoms with Crippen molar-refractivity contribution in [1.82, 2.24) is 9.36 Å². The summed E-state index contributed by atoms with van der Waals surface area (Å²) in [5.41, 5.74) is 5.35. The predicted octanol–water partition coefficient (Wildman–Crippen LogP) is 11.1. The second-order valence-corrected chi connectivity index (χ2v) is 21.2. The van der Waals surface area contributed by atoms with Crippen molar-refractivity contribution in [2.45, 2.75) is 158 Å². The fraction of sp³-hybridized carbons (Fsp3) is 0.708. The number of aromatic nitrogens is 2. The van der Waals surface area contributed by atoms with Crippen molar-refractivity contribution < 1.29 is 14.6 Å². The molecule has 4 saturated carbocycles. The van der Waals surface area contributed by atoms with Crippen molar-refractivity contribution in [2.24, 2.45) is 57.3 Å². The molecule has 296 valence electrons. The van der Waals surface area contributed by atoms with Gasteiger partial charge in [-0.05, 0) is 123 Å². The highest BCUT2D eigenvalue weighted by Crippen LogP contribution is 2.80. The zero-order valence-corrected chi connectivity index (χ0v) is 35.5. The third kappa shape index (κ3) is 5.36. The number of fused-ring (bicyclic) bond motifs is 7. The third-order valence-electron chi connectivity index (χ3n) is 17.7. The SMILES string of the molecule is C=C(CC(C)(C)C(=O)O)OC1CC[C@]2(C)[C@H]3CC[C@]4(C)C5=C(C(C)C)CC[C@]5(c5cc(=O)n(Cc6ccccc6)n5C)CC[C@@]4(C)[C@]3(C)CC[C@H]2C1(C)C. The Balaban J connectivity index is 1.23. The quantitative estimate of drug-likeness (QED) is 0.205. The van der Waals surface area contributed by atoms with E-state index in [0.717, 1.165) is 37.7 Å². The Morgan fingerprint density at radius 2 is 1.61 bits per heavy atom. The molecule has 4 fully saturated rings. The van der Waals surface area contributed by atoms with Gasteiger partial charge in [-0.15, -0.1) is 0 Å². The number of rotatable bonds is 9. The van der Waals surface area contributed by atoms with E-state index >= 15 is 0 Å². The van der Waals surface area contributed by atoms with E-state index in [2.05, 4.69) is 98.0 Å². The molecule has 1 unspecified atom stereocenters. The molecule has 1 aromatic heterocycles. The van der Waals surface area contributed by atoms with Crippen LogP contribution in [0, 0.1) is 50.2 Å². The van der Waals surface area contributed by atoms with Crippen molar-refractivity contribution in [3.63, 3.8) is 0 Å². The minimum atomic E-state index is -0.899. The van der Waals surface area contributed by atoms with Gasteiger partial charge in [-0.3, -0.25) is 14.3 Å². The lowest BCUT2D eigenvalue weighted by Gasteiger charge is -2.75. The number of nitrogens with zero attached hydrogens (tertiary/aromatic N) is 2. The van der Waals surface area contributed by atoms with E-state index in [1.165, 1.54) is 37.8 Å². The zero-order chi connectivity index (χ0) is 39.4. The third-order valence-corrected chi connectivity index (χ3v) is 17.7. The highest BCUT2D eigenvalue weighted by Gasteiger charge is 2.73. The van der Waals surface area contributed by atoms with Crippen LogP contribution in [0.5, 0.6) is 0 Å². The molecule has 6 nitrogen and oxygen atoms in total. The highest BCUT2D eigenvalue weighted by molar-refractivity contribution is 5.73. The van der Waals surface area contributed by atoms with Crippen molar-refractivity contribution in [1.29, 1.82) is 0 Å². The number of hydrogen-bond donors (Lipinski definition) is 1. The van der Waals surface area contributed by atoms with Gasteiger partial charge in [0.2, 0.25) is 0 Å². The van der Waals surface area contributed by atoms with Gasteiger partial charge < -0.3 is 9.84 Å². The van der Waals surface area contributed by atoms with Crippen LogP contribution in [-0.4, -0.2) is 26.5 Å². The Bertz CT molecular complexity index is 1910. The predicted molar refractivity (Wildman–Crippen MR) is 218 cm³/mol. The minimum absolute atomic E-state index is 0.0369. The number of carboxylic acid groups (broad SMARTS) is 1. The Kier molecular flexibility index (Phi) is 9.26. The lowest BCUT2D eigenvalue weighted by atomic mass is 9.30. The standard InChI is InChI=1S/C48H70N2O4/c1-31(2)34-18-25-48(37-28-39(51)50(49(37)12)30-33-16-14-13-15-17-33)27-26-47(11)45(9)23-19-35-43(6,7)38(54-32(3)29-42(4,5)41(52)53)21-22-44(35,8)36(45)20-24-46(47,10)40(34)48/h13-17,28,31,35-36,38H,3,18-27,29-30H2,1-2,4-12H3,(H,52,53)/t35-,36+,38?,44-,45+,46+,47-,48+/m0/s1. The smallest absolute Gasteiger partial charge is 0.309 e. The Labute approximate surface area is 325 Å². The van der Waals surface area contributed by atoms with Crippen LogP contribution in [0.4, 0.5) is 0 Å². The monoisotopic (exact) mass is 739 g/mol. The van der Waals surface area contributed by atoms with E-state index in [-0.39, 0.29) is 44.2 Å². The van der Waals surface area contributed by atoms with Crippen molar-refractivity contribution in [2.75, 3.05) is 0 Å². The molecule has 7 rings (SSSR count). The highest BCUT2D eigenvalue weighted by atomic mass is 16.5. The maximum Gasteiger partial charge on any atom is 0.309 e. The van der Waals surface area contributed by atoms with Crippen LogP contribution in [0.25, 0.3) is 0 Å². The van der Waals surface area contributed by atoms with E-state index in [4.69, 9.17) is 4.74 Å². The zero-order valence-electron chi connectivity index (χ0n) is 35.5. The first-order valence-electron chi connectivity index (χ1n) is 21.2. The molecule has 2 aromatic rings. The fourth-order valence-corrected chi connectivity index (χ4v) is 14.6. The van der Waals surface area contributed by atoms with Gasteiger partial charge in [0.05, 0.1) is 23.4 Å². The maximum absolute atomic E-state index is 13.9. The van der Waals surface area contributed by atoms with E-state index in [1.807, 2.05) is 16.8 Å². The lowest BCUT2D eigenvalue weighted by Crippen LogP contribution is -2.68.